The quantitative estimate of drug-likeness (QED) is 0.662. The Balaban J connectivity index is 2.10. The zero-order valence-electron chi connectivity index (χ0n) is 12.7. The fourth-order valence-corrected chi connectivity index (χ4v) is 2.75. The average Bonchev–Trinajstić information content (AvgIpc) is 2.55. The van der Waals surface area contributed by atoms with Crippen LogP contribution in [0.25, 0.3) is 22.4 Å². The molecule has 0 radical (unpaired) electrons. The molecule has 0 unspecified atom stereocenters. The van der Waals surface area contributed by atoms with Crippen LogP contribution < -0.4 is 10.2 Å². The predicted octanol–water partition coefficient (Wildman–Crippen LogP) is 4.12. The van der Waals surface area contributed by atoms with Crippen LogP contribution in [0.4, 0.5) is 0 Å². The van der Waals surface area contributed by atoms with Gasteiger partial charge >= 0.3 is 5.97 Å². The molecule has 3 aromatic rings. The number of hydrogen-bond donors (Lipinski definition) is 1. The molecule has 1 N–H and O–H groups in total. The topological polar surface area (TPSA) is 89.6 Å². The summed E-state index contributed by atoms with van der Waals surface area (Å²) in [5.41, 5.74) is 0.278. The molecule has 0 spiro atoms. The van der Waals surface area contributed by atoms with Gasteiger partial charge in [0.2, 0.25) is 0 Å². The van der Waals surface area contributed by atoms with Crippen LogP contribution in [0.15, 0.2) is 50.2 Å². The SMILES string of the molecule is O=C(O)CCOc1cc(Br)cnc1-c1cc(=O)c2cccc(Cl)c2o1. The van der Waals surface area contributed by atoms with E-state index in [4.69, 9.17) is 25.9 Å². The monoisotopic (exact) mass is 423 g/mol. The number of carboxylic acids is 1. The third kappa shape index (κ3) is 3.83. The number of aliphatic carboxylic acids is 1. The zero-order valence-corrected chi connectivity index (χ0v) is 15.0. The molecule has 2 heterocycles. The van der Waals surface area contributed by atoms with Crippen molar-refractivity contribution in [2.75, 3.05) is 6.61 Å². The van der Waals surface area contributed by atoms with Gasteiger partial charge in [0.25, 0.3) is 0 Å². The molecule has 0 aliphatic rings. The Morgan fingerprint density at radius 2 is 2.16 bits per heavy atom. The van der Waals surface area contributed by atoms with E-state index in [0.29, 0.717) is 20.6 Å². The smallest absolute Gasteiger partial charge is 0.306 e. The van der Waals surface area contributed by atoms with Crippen LogP contribution in [-0.2, 0) is 4.79 Å². The molecule has 0 aliphatic heterocycles. The largest absolute Gasteiger partial charge is 0.491 e. The number of halogens is 2. The number of carboxylic acid groups (broad SMARTS) is 1. The van der Waals surface area contributed by atoms with E-state index in [9.17, 15) is 9.59 Å². The van der Waals surface area contributed by atoms with Crippen molar-refractivity contribution in [3.63, 3.8) is 0 Å². The van der Waals surface area contributed by atoms with Gasteiger partial charge in [0.15, 0.2) is 16.8 Å². The number of benzene rings is 1. The minimum absolute atomic E-state index is 0.0426. The molecular formula is C17H11BrClNO5. The van der Waals surface area contributed by atoms with Crippen LogP contribution >= 0.6 is 27.5 Å². The lowest BCUT2D eigenvalue weighted by atomic mass is 10.2. The number of ether oxygens (including phenoxy) is 1. The number of para-hydroxylation sites is 1. The first kappa shape index (κ1) is 17.4. The molecule has 2 aromatic heterocycles. The molecule has 0 saturated heterocycles. The summed E-state index contributed by atoms with van der Waals surface area (Å²) in [6.45, 7) is -0.0426. The molecule has 0 fully saturated rings. The molecule has 0 saturated carbocycles. The first-order valence-electron chi connectivity index (χ1n) is 7.18. The van der Waals surface area contributed by atoms with E-state index in [1.165, 1.54) is 12.3 Å². The summed E-state index contributed by atoms with van der Waals surface area (Å²) in [6.07, 6.45) is 1.36. The fourth-order valence-electron chi connectivity index (χ4n) is 2.22. The number of hydrogen-bond acceptors (Lipinski definition) is 5. The van der Waals surface area contributed by atoms with E-state index >= 15 is 0 Å². The Kier molecular flexibility index (Phi) is 5.06. The molecule has 0 atom stereocenters. The molecule has 25 heavy (non-hydrogen) atoms. The molecule has 8 heteroatoms. The van der Waals surface area contributed by atoms with Crippen molar-refractivity contribution in [2.45, 2.75) is 6.42 Å². The number of fused-ring (bicyclic) bond motifs is 1. The van der Waals surface area contributed by atoms with Gasteiger partial charge in [0.05, 0.1) is 23.4 Å². The van der Waals surface area contributed by atoms with Crippen LogP contribution in [0, 0.1) is 0 Å². The predicted molar refractivity (Wildman–Crippen MR) is 96.2 cm³/mol. The van der Waals surface area contributed by atoms with Crippen LogP contribution in [-0.4, -0.2) is 22.7 Å². The van der Waals surface area contributed by atoms with Gasteiger partial charge in [-0.3, -0.25) is 9.59 Å². The molecule has 3 rings (SSSR count). The second-order valence-corrected chi connectivity index (χ2v) is 6.41. The Hall–Kier alpha value is -2.38. The van der Waals surface area contributed by atoms with Gasteiger partial charge in [-0.15, -0.1) is 0 Å². The number of rotatable bonds is 5. The van der Waals surface area contributed by atoms with Crippen LogP contribution in [0.1, 0.15) is 6.42 Å². The Labute approximate surface area is 155 Å². The normalized spacial score (nSPS) is 10.8. The van der Waals surface area contributed by atoms with E-state index in [1.807, 2.05) is 0 Å². The van der Waals surface area contributed by atoms with Gasteiger partial charge in [-0.05, 0) is 34.1 Å². The van der Waals surface area contributed by atoms with Gasteiger partial charge in [-0.2, -0.15) is 0 Å². The Morgan fingerprint density at radius 3 is 2.92 bits per heavy atom. The van der Waals surface area contributed by atoms with Crippen molar-refractivity contribution < 1.29 is 19.1 Å². The minimum Gasteiger partial charge on any atom is -0.491 e. The number of nitrogens with zero attached hydrogens (tertiary/aromatic N) is 1. The lowest BCUT2D eigenvalue weighted by molar-refractivity contribution is -0.137. The van der Waals surface area contributed by atoms with Crippen molar-refractivity contribution in [1.82, 2.24) is 4.98 Å². The van der Waals surface area contributed by atoms with Crippen LogP contribution in [0.3, 0.4) is 0 Å². The summed E-state index contributed by atoms with van der Waals surface area (Å²) < 4.78 is 11.9. The third-order valence-corrected chi connectivity index (χ3v) is 4.06. The van der Waals surface area contributed by atoms with Gasteiger partial charge in [0.1, 0.15) is 11.4 Å². The molecule has 0 aliphatic carbocycles. The summed E-state index contributed by atoms with van der Waals surface area (Å²) in [5.74, 6) is -0.498. The van der Waals surface area contributed by atoms with E-state index in [1.54, 1.807) is 24.3 Å². The van der Waals surface area contributed by atoms with E-state index < -0.39 is 5.97 Å². The van der Waals surface area contributed by atoms with Gasteiger partial charge in [-0.25, -0.2) is 4.98 Å². The zero-order chi connectivity index (χ0) is 18.0. The number of carbonyl (C=O) groups is 1. The molecule has 128 valence electrons. The summed E-state index contributed by atoms with van der Waals surface area (Å²) in [4.78, 5) is 27.2. The van der Waals surface area contributed by atoms with Gasteiger partial charge in [-0.1, -0.05) is 17.7 Å². The summed E-state index contributed by atoms with van der Waals surface area (Å²) in [5, 5.41) is 9.41. The minimum atomic E-state index is -0.978. The molecule has 1 aromatic carbocycles. The second kappa shape index (κ2) is 7.25. The Morgan fingerprint density at radius 1 is 1.36 bits per heavy atom. The summed E-state index contributed by atoms with van der Waals surface area (Å²) in [7, 11) is 0. The van der Waals surface area contributed by atoms with Crippen molar-refractivity contribution in [2.24, 2.45) is 0 Å². The highest BCUT2D eigenvalue weighted by Crippen LogP contribution is 2.32. The van der Waals surface area contributed by atoms with Crippen molar-refractivity contribution in [1.29, 1.82) is 0 Å². The fraction of sp³-hybridized carbons (Fsp3) is 0.118. The van der Waals surface area contributed by atoms with Crippen molar-refractivity contribution in [3.8, 4) is 17.2 Å². The molecular weight excluding hydrogens is 414 g/mol. The van der Waals surface area contributed by atoms with E-state index in [2.05, 4.69) is 20.9 Å². The summed E-state index contributed by atoms with van der Waals surface area (Å²) in [6, 6.07) is 7.84. The lowest BCUT2D eigenvalue weighted by Crippen LogP contribution is -2.07. The second-order valence-electron chi connectivity index (χ2n) is 5.08. The lowest BCUT2D eigenvalue weighted by Gasteiger charge is -2.10. The first-order valence-corrected chi connectivity index (χ1v) is 8.35. The van der Waals surface area contributed by atoms with E-state index in [0.717, 1.165) is 0 Å². The first-order chi connectivity index (χ1) is 12.0. The molecule has 6 nitrogen and oxygen atoms in total. The maximum absolute atomic E-state index is 12.3. The average molecular weight is 425 g/mol. The standard InChI is InChI=1S/C17H11BrClNO5/c18-9-6-13(24-5-4-15(22)23)16(20-8-9)14-7-12(21)10-2-1-3-11(19)17(10)25-14/h1-3,6-8H,4-5H2,(H,22,23). The van der Waals surface area contributed by atoms with Crippen molar-refractivity contribution in [3.05, 3.63) is 56.2 Å². The van der Waals surface area contributed by atoms with Gasteiger partial charge in [0, 0.05) is 16.7 Å². The number of pyridine rings is 1. The highest BCUT2D eigenvalue weighted by Gasteiger charge is 2.15. The number of aromatic nitrogens is 1. The summed E-state index contributed by atoms with van der Waals surface area (Å²) >= 11 is 9.40. The highest BCUT2D eigenvalue weighted by atomic mass is 79.9. The van der Waals surface area contributed by atoms with Crippen LogP contribution in [0.5, 0.6) is 5.75 Å². The third-order valence-electron chi connectivity index (χ3n) is 3.33. The highest BCUT2D eigenvalue weighted by molar-refractivity contribution is 9.10. The van der Waals surface area contributed by atoms with Gasteiger partial charge < -0.3 is 14.3 Å². The molecule has 0 amide bonds. The maximum Gasteiger partial charge on any atom is 0.306 e. The van der Waals surface area contributed by atoms with Crippen LogP contribution in [0.2, 0.25) is 5.02 Å². The molecule has 0 bridgehead atoms. The maximum atomic E-state index is 12.3. The van der Waals surface area contributed by atoms with Crippen molar-refractivity contribution >= 4 is 44.5 Å². The van der Waals surface area contributed by atoms with E-state index in [-0.39, 0.29) is 35.5 Å². The Bertz CT molecular complexity index is 1020.